The second kappa shape index (κ2) is 4.39. The number of aromatic nitrogens is 2. The monoisotopic (exact) mass is 215 g/mol. The van der Waals surface area contributed by atoms with Crippen LogP contribution in [0, 0.1) is 0 Å². The second-order valence-corrected chi connectivity index (χ2v) is 3.13. The molecule has 0 unspecified atom stereocenters. The van der Waals surface area contributed by atoms with E-state index < -0.39 is 0 Å². The molecular formula is C11H9N3O2. The van der Waals surface area contributed by atoms with Crippen molar-refractivity contribution < 1.29 is 4.79 Å². The van der Waals surface area contributed by atoms with Gasteiger partial charge >= 0.3 is 0 Å². The first-order valence-corrected chi connectivity index (χ1v) is 4.64. The molecule has 0 spiro atoms. The second-order valence-electron chi connectivity index (χ2n) is 3.13. The number of nitrogens with one attached hydrogen (secondary N) is 2. The number of carbonyl (C=O) groups is 1. The van der Waals surface area contributed by atoms with E-state index in [-0.39, 0.29) is 11.2 Å². The average molecular weight is 215 g/mol. The van der Waals surface area contributed by atoms with Gasteiger partial charge in [-0.25, -0.2) is 0 Å². The van der Waals surface area contributed by atoms with E-state index in [4.69, 9.17) is 0 Å². The van der Waals surface area contributed by atoms with Gasteiger partial charge in [0.25, 0.3) is 5.56 Å². The Morgan fingerprint density at radius 3 is 2.69 bits per heavy atom. The SMILES string of the molecule is O=CNc1cc(-c2ccncc2)c[nH]c1=O. The molecule has 80 valence electrons. The molecule has 0 saturated heterocycles. The van der Waals surface area contributed by atoms with E-state index in [0.717, 1.165) is 11.1 Å². The van der Waals surface area contributed by atoms with Crippen LogP contribution in [0.1, 0.15) is 0 Å². The van der Waals surface area contributed by atoms with Gasteiger partial charge in [-0.15, -0.1) is 0 Å². The number of amides is 1. The zero-order chi connectivity index (χ0) is 11.4. The summed E-state index contributed by atoms with van der Waals surface area (Å²) in [5, 5.41) is 2.35. The predicted molar refractivity (Wildman–Crippen MR) is 60.0 cm³/mol. The summed E-state index contributed by atoms with van der Waals surface area (Å²) in [4.78, 5) is 28.1. The molecule has 16 heavy (non-hydrogen) atoms. The Kier molecular flexibility index (Phi) is 2.77. The molecule has 1 amide bonds. The van der Waals surface area contributed by atoms with E-state index in [0.29, 0.717) is 6.41 Å². The van der Waals surface area contributed by atoms with Crippen LogP contribution in [0.4, 0.5) is 5.69 Å². The van der Waals surface area contributed by atoms with E-state index in [1.54, 1.807) is 24.7 Å². The molecule has 2 rings (SSSR count). The quantitative estimate of drug-likeness (QED) is 0.750. The Bertz CT molecular complexity index is 549. The topological polar surface area (TPSA) is 74.8 Å². The van der Waals surface area contributed by atoms with Gasteiger partial charge in [0.2, 0.25) is 6.41 Å². The number of rotatable bonds is 3. The highest BCUT2D eigenvalue weighted by atomic mass is 16.1. The van der Waals surface area contributed by atoms with Crippen molar-refractivity contribution in [3.63, 3.8) is 0 Å². The molecule has 0 aliphatic rings. The maximum atomic E-state index is 11.3. The summed E-state index contributed by atoms with van der Waals surface area (Å²) in [5.41, 5.74) is 1.63. The predicted octanol–water partition coefficient (Wildman–Crippen LogP) is 1.01. The summed E-state index contributed by atoms with van der Waals surface area (Å²) < 4.78 is 0. The van der Waals surface area contributed by atoms with Crippen LogP contribution in [0.2, 0.25) is 0 Å². The lowest BCUT2D eigenvalue weighted by Gasteiger charge is -2.03. The third kappa shape index (κ3) is 1.98. The van der Waals surface area contributed by atoms with Gasteiger partial charge in [-0.05, 0) is 23.8 Å². The Labute approximate surface area is 91.2 Å². The lowest BCUT2D eigenvalue weighted by molar-refractivity contribution is -0.105. The van der Waals surface area contributed by atoms with Crippen LogP contribution in [0.25, 0.3) is 11.1 Å². The minimum absolute atomic E-state index is 0.226. The molecule has 0 aliphatic heterocycles. The zero-order valence-electron chi connectivity index (χ0n) is 8.31. The fraction of sp³-hybridized carbons (Fsp3) is 0. The molecule has 0 atom stereocenters. The van der Waals surface area contributed by atoms with Crippen molar-refractivity contribution in [2.75, 3.05) is 5.32 Å². The number of carbonyl (C=O) groups excluding carboxylic acids is 1. The van der Waals surface area contributed by atoms with Crippen LogP contribution >= 0.6 is 0 Å². The van der Waals surface area contributed by atoms with Crippen LogP contribution in [0.5, 0.6) is 0 Å². The molecule has 0 fully saturated rings. The van der Waals surface area contributed by atoms with Gasteiger partial charge in [-0.1, -0.05) is 0 Å². The van der Waals surface area contributed by atoms with Crippen LogP contribution in [-0.2, 0) is 4.79 Å². The average Bonchev–Trinajstić information content (AvgIpc) is 2.33. The van der Waals surface area contributed by atoms with Crippen LogP contribution in [0.3, 0.4) is 0 Å². The van der Waals surface area contributed by atoms with Crippen molar-refractivity contribution >= 4 is 12.1 Å². The summed E-state index contributed by atoms with van der Waals surface area (Å²) in [5.74, 6) is 0. The summed E-state index contributed by atoms with van der Waals surface area (Å²) in [6.07, 6.45) is 5.38. The fourth-order valence-corrected chi connectivity index (χ4v) is 1.37. The molecule has 0 aliphatic carbocycles. The number of aromatic amines is 1. The molecular weight excluding hydrogens is 206 g/mol. The summed E-state index contributed by atoms with van der Waals surface area (Å²) in [6.45, 7) is 0. The lowest BCUT2D eigenvalue weighted by Crippen LogP contribution is -2.12. The van der Waals surface area contributed by atoms with Gasteiger partial charge in [0.1, 0.15) is 5.69 Å². The van der Waals surface area contributed by atoms with Crippen molar-refractivity contribution in [3.05, 3.63) is 47.1 Å². The van der Waals surface area contributed by atoms with Gasteiger partial charge in [0.05, 0.1) is 0 Å². The third-order valence-electron chi connectivity index (χ3n) is 2.13. The van der Waals surface area contributed by atoms with Gasteiger partial charge in [-0.2, -0.15) is 0 Å². The van der Waals surface area contributed by atoms with Crippen molar-refractivity contribution in [1.29, 1.82) is 0 Å². The van der Waals surface area contributed by atoms with Gasteiger partial charge in [0, 0.05) is 24.2 Å². The first-order valence-electron chi connectivity index (χ1n) is 4.64. The minimum atomic E-state index is -0.329. The van der Waals surface area contributed by atoms with Crippen LogP contribution in [0.15, 0.2) is 41.6 Å². The van der Waals surface area contributed by atoms with Crippen molar-refractivity contribution in [3.8, 4) is 11.1 Å². The normalized spacial score (nSPS) is 9.75. The standard InChI is InChI=1S/C11H9N3O2/c15-7-14-10-5-9(6-13-11(10)16)8-1-3-12-4-2-8/h1-7H,(H,13,16)(H,14,15). The summed E-state index contributed by atoms with van der Waals surface area (Å²) >= 11 is 0. The molecule has 2 heterocycles. The van der Waals surface area contributed by atoms with Crippen molar-refractivity contribution in [2.24, 2.45) is 0 Å². The molecule has 5 heteroatoms. The number of nitrogens with zero attached hydrogens (tertiary/aromatic N) is 1. The summed E-state index contributed by atoms with van der Waals surface area (Å²) in [7, 11) is 0. The van der Waals surface area contributed by atoms with Crippen molar-refractivity contribution in [2.45, 2.75) is 0 Å². The number of H-pyrrole nitrogens is 1. The highest BCUT2D eigenvalue weighted by molar-refractivity contribution is 5.74. The van der Waals surface area contributed by atoms with E-state index in [1.165, 1.54) is 0 Å². The third-order valence-corrected chi connectivity index (χ3v) is 2.13. The molecule has 0 bridgehead atoms. The highest BCUT2D eigenvalue weighted by Crippen LogP contribution is 2.18. The maximum Gasteiger partial charge on any atom is 0.271 e. The highest BCUT2D eigenvalue weighted by Gasteiger charge is 2.02. The maximum absolute atomic E-state index is 11.3. The Morgan fingerprint density at radius 2 is 2.00 bits per heavy atom. The van der Waals surface area contributed by atoms with E-state index in [1.807, 2.05) is 12.1 Å². The Balaban J connectivity index is 2.47. The van der Waals surface area contributed by atoms with Crippen LogP contribution in [-0.4, -0.2) is 16.4 Å². The van der Waals surface area contributed by atoms with Crippen molar-refractivity contribution in [1.82, 2.24) is 9.97 Å². The smallest absolute Gasteiger partial charge is 0.271 e. The van der Waals surface area contributed by atoms with Gasteiger partial charge in [-0.3, -0.25) is 14.6 Å². The molecule has 0 aromatic carbocycles. The largest absolute Gasteiger partial charge is 0.327 e. The number of anilines is 1. The molecule has 2 N–H and O–H groups in total. The first kappa shape index (κ1) is 10.1. The van der Waals surface area contributed by atoms with Gasteiger partial charge in [0.15, 0.2) is 0 Å². The number of hydrogen-bond acceptors (Lipinski definition) is 3. The van der Waals surface area contributed by atoms with E-state index in [9.17, 15) is 9.59 Å². The Hall–Kier alpha value is -2.43. The fourth-order valence-electron chi connectivity index (χ4n) is 1.37. The first-order chi connectivity index (χ1) is 7.81. The van der Waals surface area contributed by atoms with Gasteiger partial charge < -0.3 is 10.3 Å². The molecule has 2 aromatic heterocycles. The van der Waals surface area contributed by atoms with E-state index in [2.05, 4.69) is 15.3 Å². The zero-order valence-corrected chi connectivity index (χ0v) is 8.31. The van der Waals surface area contributed by atoms with Crippen LogP contribution < -0.4 is 10.9 Å². The molecule has 5 nitrogen and oxygen atoms in total. The lowest BCUT2D eigenvalue weighted by atomic mass is 10.1. The van der Waals surface area contributed by atoms with E-state index >= 15 is 0 Å². The number of pyridine rings is 2. The Morgan fingerprint density at radius 1 is 1.25 bits per heavy atom. The summed E-state index contributed by atoms with van der Waals surface area (Å²) in [6, 6.07) is 5.25. The molecule has 2 aromatic rings. The number of hydrogen-bond donors (Lipinski definition) is 2. The molecule has 0 saturated carbocycles. The molecule has 0 radical (unpaired) electrons. The minimum Gasteiger partial charge on any atom is -0.327 e.